The lowest BCUT2D eigenvalue weighted by Crippen LogP contribution is -2.13. The van der Waals surface area contributed by atoms with E-state index in [1.807, 2.05) is 0 Å². The Labute approximate surface area is 80.3 Å². The number of benzene rings is 1. The average molecular weight is 224 g/mol. The maximum Gasteiger partial charge on any atom is 0.344 e. The molecule has 0 N–H and O–H groups in total. The van der Waals surface area contributed by atoms with Gasteiger partial charge in [-0.25, -0.2) is 26.7 Å². The molecule has 1 aromatic rings. The van der Waals surface area contributed by atoms with E-state index < -0.39 is 40.6 Å². The van der Waals surface area contributed by atoms with Crippen LogP contribution in [0.4, 0.5) is 22.0 Å². The molecule has 1 rings (SSSR count). The van der Waals surface area contributed by atoms with Crippen LogP contribution in [0.5, 0.6) is 0 Å². The Morgan fingerprint density at radius 2 is 1.20 bits per heavy atom. The summed E-state index contributed by atoms with van der Waals surface area (Å²) in [5, 5.41) is 0. The number of carbonyl (C=O) groups is 1. The summed E-state index contributed by atoms with van der Waals surface area (Å²) >= 11 is 0. The van der Waals surface area contributed by atoms with E-state index in [0.29, 0.717) is 0 Å². The molecule has 0 saturated carbocycles. The van der Waals surface area contributed by atoms with Crippen LogP contribution in [0.25, 0.3) is 0 Å². The predicted octanol–water partition coefficient (Wildman–Crippen LogP) is 2.21. The van der Waals surface area contributed by atoms with Gasteiger partial charge in [-0.2, -0.15) is 0 Å². The van der Waals surface area contributed by atoms with Gasteiger partial charge in [-0.05, 0) is 0 Å². The van der Waals surface area contributed by atoms with Crippen molar-refractivity contribution in [3.8, 4) is 0 Å². The average Bonchev–Trinajstić information content (AvgIpc) is 2.23. The first-order valence-corrected chi connectivity index (χ1v) is 3.34. The van der Waals surface area contributed by atoms with Crippen molar-refractivity contribution in [3.05, 3.63) is 41.8 Å². The molecule has 0 aliphatic carbocycles. The molecular weight excluding hydrogens is 223 g/mol. The Hall–Kier alpha value is -1.66. The van der Waals surface area contributed by atoms with Crippen LogP contribution in [0, 0.1) is 36.2 Å². The summed E-state index contributed by atoms with van der Waals surface area (Å²) in [6.45, 7) is 0. The van der Waals surface area contributed by atoms with Crippen LogP contribution in [-0.4, -0.2) is 5.97 Å². The molecule has 80 valence electrons. The molecule has 0 heterocycles. The number of rotatable bonds is 1. The maximum absolute atomic E-state index is 12.8. The van der Waals surface area contributed by atoms with Crippen molar-refractivity contribution in [1.29, 1.82) is 0 Å². The molecule has 0 aliphatic heterocycles. The largest absolute Gasteiger partial charge is 0.450 e. The van der Waals surface area contributed by atoms with Crippen LogP contribution in [0.1, 0.15) is 10.4 Å². The van der Waals surface area contributed by atoms with E-state index in [1.165, 1.54) is 0 Å². The van der Waals surface area contributed by atoms with Gasteiger partial charge in [-0.1, -0.05) is 0 Å². The van der Waals surface area contributed by atoms with Crippen molar-refractivity contribution in [3.63, 3.8) is 0 Å². The molecule has 0 aromatic heterocycles. The Balaban J connectivity index is 3.60. The fraction of sp³-hybridized carbons (Fsp3) is 0. The standard InChI is InChI=1S/C8HF5O2/c1-15-8(14)2-3(9)5(11)7(13)6(12)4(2)10/h1H. The van der Waals surface area contributed by atoms with Crippen molar-refractivity contribution >= 4 is 5.97 Å². The quantitative estimate of drug-likeness (QED) is 0.316. The second kappa shape index (κ2) is 3.84. The summed E-state index contributed by atoms with van der Waals surface area (Å²) < 4.78 is 66.3. The van der Waals surface area contributed by atoms with Crippen LogP contribution in [0.2, 0.25) is 0 Å². The zero-order valence-corrected chi connectivity index (χ0v) is 6.78. The Morgan fingerprint density at radius 1 is 0.867 bits per heavy atom. The summed E-state index contributed by atoms with van der Waals surface area (Å²) in [5.74, 6) is -13.3. The van der Waals surface area contributed by atoms with E-state index in [2.05, 4.69) is 11.8 Å². The normalized spacial score (nSPS) is 10.3. The lowest BCUT2D eigenvalue weighted by molar-refractivity contribution is 0.0639. The second-order valence-electron chi connectivity index (χ2n) is 2.35. The summed E-state index contributed by atoms with van der Waals surface area (Å²) in [5.41, 5.74) is -1.73. The van der Waals surface area contributed by atoms with Gasteiger partial charge < -0.3 is 4.74 Å². The minimum atomic E-state index is -2.36. The maximum atomic E-state index is 12.8. The van der Waals surface area contributed by atoms with Crippen LogP contribution in [-0.2, 0) is 4.74 Å². The molecule has 0 bridgehead atoms. The molecule has 15 heavy (non-hydrogen) atoms. The first-order chi connectivity index (χ1) is 6.91. The molecule has 2 nitrogen and oxygen atoms in total. The summed E-state index contributed by atoms with van der Waals surface area (Å²) in [4.78, 5) is 10.6. The van der Waals surface area contributed by atoms with Crippen LogP contribution in [0.3, 0.4) is 0 Å². The Morgan fingerprint density at radius 3 is 1.53 bits per heavy atom. The van der Waals surface area contributed by atoms with Gasteiger partial charge in [0.25, 0.3) is 0 Å². The van der Waals surface area contributed by atoms with Crippen LogP contribution in [0.15, 0.2) is 0 Å². The minimum absolute atomic E-state index is 1.73. The van der Waals surface area contributed by atoms with E-state index in [9.17, 15) is 26.7 Å². The van der Waals surface area contributed by atoms with E-state index in [1.54, 1.807) is 0 Å². The van der Waals surface area contributed by atoms with Gasteiger partial charge in [0.05, 0.1) is 0 Å². The number of hydrogen-bond donors (Lipinski definition) is 0. The minimum Gasteiger partial charge on any atom is -0.450 e. The van der Waals surface area contributed by atoms with Crippen molar-refractivity contribution in [2.45, 2.75) is 0 Å². The highest BCUT2D eigenvalue weighted by molar-refractivity contribution is 5.90. The Bertz CT molecular complexity index is 401. The number of esters is 1. The first kappa shape index (κ1) is 11.4. The molecule has 0 spiro atoms. The van der Waals surface area contributed by atoms with Gasteiger partial charge in [0.2, 0.25) is 5.82 Å². The number of hydrogen-bond acceptors (Lipinski definition) is 2. The van der Waals surface area contributed by atoms with E-state index >= 15 is 0 Å². The van der Waals surface area contributed by atoms with E-state index in [0.717, 1.165) is 0 Å². The topological polar surface area (TPSA) is 26.3 Å². The molecule has 0 amide bonds. The van der Waals surface area contributed by atoms with Gasteiger partial charge in [0.15, 0.2) is 30.4 Å². The third-order valence-electron chi connectivity index (χ3n) is 1.52. The Kier molecular flexibility index (Phi) is 2.92. The van der Waals surface area contributed by atoms with Crippen molar-refractivity contribution < 1.29 is 31.5 Å². The van der Waals surface area contributed by atoms with Gasteiger partial charge in [-0.3, -0.25) is 0 Å². The molecule has 2 radical (unpaired) electrons. The zero-order chi connectivity index (χ0) is 11.7. The zero-order valence-electron chi connectivity index (χ0n) is 6.78. The highest BCUT2D eigenvalue weighted by Gasteiger charge is 2.30. The number of ether oxygens (including phenoxy) is 1. The van der Waals surface area contributed by atoms with Gasteiger partial charge in [0, 0.05) is 0 Å². The summed E-state index contributed by atoms with van der Waals surface area (Å²) in [6.07, 6.45) is 0. The first-order valence-electron chi connectivity index (χ1n) is 3.34. The summed E-state index contributed by atoms with van der Waals surface area (Å²) in [7, 11) is 4.26. The molecule has 0 aliphatic rings. The van der Waals surface area contributed by atoms with Gasteiger partial charge in [-0.15, -0.1) is 0 Å². The fourth-order valence-electron chi connectivity index (χ4n) is 0.843. The third-order valence-corrected chi connectivity index (χ3v) is 1.52. The van der Waals surface area contributed by atoms with Crippen LogP contribution < -0.4 is 0 Å². The number of halogens is 5. The molecule has 7 heteroatoms. The molecular formula is C8HF5O2. The molecule has 0 atom stereocenters. The van der Waals surface area contributed by atoms with Crippen LogP contribution >= 0.6 is 0 Å². The molecule has 1 aromatic carbocycles. The monoisotopic (exact) mass is 224 g/mol. The molecule has 0 fully saturated rings. The lowest BCUT2D eigenvalue weighted by atomic mass is 10.1. The smallest absolute Gasteiger partial charge is 0.344 e. The van der Waals surface area contributed by atoms with Crippen molar-refractivity contribution in [2.75, 3.05) is 0 Å². The fourth-order valence-corrected chi connectivity index (χ4v) is 0.843. The highest BCUT2D eigenvalue weighted by Crippen LogP contribution is 2.23. The lowest BCUT2D eigenvalue weighted by Gasteiger charge is -2.05. The van der Waals surface area contributed by atoms with Crippen molar-refractivity contribution in [1.82, 2.24) is 0 Å². The second-order valence-corrected chi connectivity index (χ2v) is 2.35. The number of carbonyl (C=O) groups excluding carboxylic acids is 1. The SMILES string of the molecule is [CH]OC(=O)c1c(F)c(F)c(F)c(F)c1F. The van der Waals surface area contributed by atoms with E-state index in [-0.39, 0.29) is 0 Å². The predicted molar refractivity (Wildman–Crippen MR) is 35.9 cm³/mol. The van der Waals surface area contributed by atoms with E-state index in [4.69, 9.17) is 0 Å². The molecule has 0 saturated heterocycles. The summed E-state index contributed by atoms with van der Waals surface area (Å²) in [6, 6.07) is 0. The molecule has 0 unspecified atom stereocenters. The third kappa shape index (κ3) is 1.64. The van der Waals surface area contributed by atoms with Gasteiger partial charge in [0.1, 0.15) is 5.56 Å². The van der Waals surface area contributed by atoms with Crippen molar-refractivity contribution in [2.24, 2.45) is 0 Å². The highest BCUT2D eigenvalue weighted by atomic mass is 19.2. The van der Waals surface area contributed by atoms with Gasteiger partial charge >= 0.3 is 5.97 Å².